The maximum absolute atomic E-state index is 9.42. The molecule has 0 radical (unpaired) electrons. The zero-order valence-corrected chi connectivity index (χ0v) is 8.11. The molecule has 14 heavy (non-hydrogen) atoms. The van der Waals surface area contributed by atoms with Gasteiger partial charge in [0.05, 0.1) is 6.61 Å². The first-order valence-electron chi connectivity index (χ1n) is 5.16. The van der Waals surface area contributed by atoms with Gasteiger partial charge in [0, 0.05) is 5.41 Å². The molecule has 0 heterocycles. The third-order valence-electron chi connectivity index (χ3n) is 4.05. The fourth-order valence-corrected chi connectivity index (χ4v) is 3.17. The molecule has 2 aliphatic rings. The second-order valence-electron chi connectivity index (χ2n) is 4.46. The quantitative estimate of drug-likeness (QED) is 0.701. The van der Waals surface area contributed by atoms with Crippen LogP contribution in [-0.4, -0.2) is 11.7 Å². The molecule has 72 valence electrons. The second kappa shape index (κ2) is 2.48. The molecule has 0 aliphatic heterocycles. The molecule has 2 aliphatic carbocycles. The fourth-order valence-electron chi connectivity index (χ4n) is 3.17. The summed E-state index contributed by atoms with van der Waals surface area (Å²) in [4.78, 5) is 0. The van der Waals surface area contributed by atoms with Gasteiger partial charge in [-0.25, -0.2) is 0 Å². The maximum Gasteiger partial charge on any atom is 0.0530 e. The lowest BCUT2D eigenvalue weighted by atomic mass is 9.92. The van der Waals surface area contributed by atoms with Crippen molar-refractivity contribution in [2.45, 2.75) is 12.3 Å². The topological polar surface area (TPSA) is 20.2 Å². The Kier molecular flexibility index (Phi) is 1.46. The summed E-state index contributed by atoms with van der Waals surface area (Å²) in [6.07, 6.45) is 3.08. The Morgan fingerprint density at radius 1 is 1.50 bits per heavy atom. The molecule has 1 fully saturated rings. The largest absolute Gasteiger partial charge is 0.395 e. The van der Waals surface area contributed by atoms with E-state index in [-0.39, 0.29) is 12.0 Å². The molecule has 3 rings (SSSR count). The number of benzene rings is 1. The van der Waals surface area contributed by atoms with Gasteiger partial charge in [-0.3, -0.25) is 0 Å². The van der Waals surface area contributed by atoms with E-state index in [4.69, 9.17) is 0 Å². The average Bonchev–Trinajstić information content (AvgIpc) is 2.69. The number of hydrogen-bond acceptors (Lipinski definition) is 1. The summed E-state index contributed by atoms with van der Waals surface area (Å²) in [6, 6.07) is 8.58. The number of fused-ring (bicyclic) bond motifs is 3. The summed E-state index contributed by atoms with van der Waals surface area (Å²) in [5.41, 5.74) is 2.91. The number of aliphatic hydroxyl groups is 1. The summed E-state index contributed by atoms with van der Waals surface area (Å²) < 4.78 is 0. The molecule has 0 aromatic heterocycles. The van der Waals surface area contributed by atoms with Crippen LogP contribution < -0.4 is 0 Å². The lowest BCUT2D eigenvalue weighted by Gasteiger charge is -2.14. The van der Waals surface area contributed by atoms with Crippen LogP contribution in [0.2, 0.25) is 0 Å². The molecule has 1 aromatic rings. The molecule has 0 saturated heterocycles. The van der Waals surface area contributed by atoms with E-state index in [1.54, 1.807) is 0 Å². The van der Waals surface area contributed by atoms with Gasteiger partial charge in [-0.15, -0.1) is 6.58 Å². The van der Waals surface area contributed by atoms with E-state index < -0.39 is 0 Å². The van der Waals surface area contributed by atoms with Gasteiger partial charge in [0.15, 0.2) is 0 Å². The molecule has 0 spiro atoms. The summed E-state index contributed by atoms with van der Waals surface area (Å²) in [7, 11) is 0. The standard InChI is InChI=1S/C13H14O/c1-2-13(8-14)11-7-9-5-3-4-6-10(9)12(11)13/h2-6,11-12,14H,1,7-8H2/t11-,12+,13+/m0/s1. The van der Waals surface area contributed by atoms with Crippen molar-refractivity contribution >= 4 is 0 Å². The predicted octanol–water partition coefficient (Wildman–Crippen LogP) is 2.12. The number of rotatable bonds is 2. The summed E-state index contributed by atoms with van der Waals surface area (Å²) in [5, 5.41) is 9.42. The Labute approximate surface area is 84.1 Å². The Hall–Kier alpha value is -1.08. The van der Waals surface area contributed by atoms with E-state index in [2.05, 4.69) is 30.8 Å². The molecule has 1 saturated carbocycles. The van der Waals surface area contributed by atoms with E-state index >= 15 is 0 Å². The van der Waals surface area contributed by atoms with Gasteiger partial charge in [0.2, 0.25) is 0 Å². The first-order valence-corrected chi connectivity index (χ1v) is 5.16. The summed E-state index contributed by atoms with van der Waals surface area (Å²) in [5.74, 6) is 1.16. The second-order valence-corrected chi connectivity index (χ2v) is 4.46. The molecule has 1 N–H and O–H groups in total. The van der Waals surface area contributed by atoms with Crippen LogP contribution >= 0.6 is 0 Å². The zero-order chi connectivity index (χ0) is 9.76. The molecule has 3 atom stereocenters. The highest BCUT2D eigenvalue weighted by molar-refractivity contribution is 5.48. The SMILES string of the molecule is C=C[C@]1(CO)[C@@H]2c3ccccc3C[C@@H]21. The van der Waals surface area contributed by atoms with Gasteiger partial charge >= 0.3 is 0 Å². The molecule has 0 bridgehead atoms. The van der Waals surface area contributed by atoms with Crippen molar-refractivity contribution < 1.29 is 5.11 Å². The maximum atomic E-state index is 9.42. The highest BCUT2D eigenvalue weighted by atomic mass is 16.3. The van der Waals surface area contributed by atoms with E-state index in [0.29, 0.717) is 11.8 Å². The van der Waals surface area contributed by atoms with Gasteiger partial charge < -0.3 is 5.11 Å². The normalized spacial score (nSPS) is 37.5. The minimum atomic E-state index is 0.00829. The lowest BCUT2D eigenvalue weighted by Crippen LogP contribution is -2.11. The van der Waals surface area contributed by atoms with Gasteiger partial charge in [-0.05, 0) is 29.4 Å². The summed E-state index contributed by atoms with van der Waals surface area (Å²) in [6.45, 7) is 4.11. The molecule has 0 unspecified atom stereocenters. The number of hydrogen-bond donors (Lipinski definition) is 1. The summed E-state index contributed by atoms with van der Waals surface area (Å²) >= 11 is 0. The Morgan fingerprint density at radius 2 is 2.29 bits per heavy atom. The van der Waals surface area contributed by atoms with Crippen LogP contribution in [0.1, 0.15) is 17.0 Å². The van der Waals surface area contributed by atoms with Gasteiger partial charge in [-0.2, -0.15) is 0 Å². The van der Waals surface area contributed by atoms with Gasteiger partial charge in [0.1, 0.15) is 0 Å². The predicted molar refractivity (Wildman–Crippen MR) is 56.1 cm³/mol. The first kappa shape index (κ1) is 8.25. The minimum Gasteiger partial charge on any atom is -0.395 e. The third-order valence-corrected chi connectivity index (χ3v) is 4.05. The Morgan fingerprint density at radius 3 is 3.00 bits per heavy atom. The lowest BCUT2D eigenvalue weighted by molar-refractivity contribution is 0.226. The van der Waals surface area contributed by atoms with E-state index in [1.165, 1.54) is 11.1 Å². The Balaban J connectivity index is 2.04. The molecular formula is C13H14O. The van der Waals surface area contributed by atoms with Crippen molar-refractivity contribution in [3.05, 3.63) is 48.0 Å². The molecule has 1 heteroatoms. The smallest absolute Gasteiger partial charge is 0.0530 e. The first-order chi connectivity index (χ1) is 6.83. The number of aliphatic hydroxyl groups excluding tert-OH is 1. The molecule has 0 amide bonds. The molecular weight excluding hydrogens is 172 g/mol. The van der Waals surface area contributed by atoms with Crippen LogP contribution in [0.25, 0.3) is 0 Å². The Bertz CT molecular complexity index is 396. The van der Waals surface area contributed by atoms with Crippen LogP contribution in [0, 0.1) is 11.3 Å². The highest BCUT2D eigenvalue weighted by Gasteiger charge is 2.65. The van der Waals surface area contributed by atoms with Crippen LogP contribution in [0.5, 0.6) is 0 Å². The highest BCUT2D eigenvalue weighted by Crippen LogP contribution is 2.70. The molecule has 1 nitrogen and oxygen atoms in total. The van der Waals surface area contributed by atoms with Crippen molar-refractivity contribution in [3.63, 3.8) is 0 Å². The molecule has 1 aromatic carbocycles. The van der Waals surface area contributed by atoms with Crippen molar-refractivity contribution in [2.75, 3.05) is 6.61 Å². The third kappa shape index (κ3) is 0.747. The van der Waals surface area contributed by atoms with Crippen LogP contribution in [0.3, 0.4) is 0 Å². The van der Waals surface area contributed by atoms with Crippen molar-refractivity contribution in [1.29, 1.82) is 0 Å². The van der Waals surface area contributed by atoms with Crippen molar-refractivity contribution in [3.8, 4) is 0 Å². The average molecular weight is 186 g/mol. The zero-order valence-electron chi connectivity index (χ0n) is 8.11. The van der Waals surface area contributed by atoms with Crippen LogP contribution in [-0.2, 0) is 6.42 Å². The van der Waals surface area contributed by atoms with Gasteiger partial charge in [-0.1, -0.05) is 30.3 Å². The van der Waals surface area contributed by atoms with Crippen LogP contribution in [0.4, 0.5) is 0 Å². The van der Waals surface area contributed by atoms with Crippen molar-refractivity contribution in [2.24, 2.45) is 11.3 Å². The van der Waals surface area contributed by atoms with E-state index in [9.17, 15) is 5.11 Å². The van der Waals surface area contributed by atoms with Crippen molar-refractivity contribution in [1.82, 2.24) is 0 Å². The van der Waals surface area contributed by atoms with Crippen LogP contribution in [0.15, 0.2) is 36.9 Å². The monoisotopic (exact) mass is 186 g/mol. The minimum absolute atomic E-state index is 0.00829. The van der Waals surface area contributed by atoms with E-state index in [0.717, 1.165) is 6.42 Å². The fraction of sp³-hybridized carbons (Fsp3) is 0.385. The van der Waals surface area contributed by atoms with Gasteiger partial charge in [0.25, 0.3) is 0 Å². The van der Waals surface area contributed by atoms with E-state index in [1.807, 2.05) is 6.08 Å².